The Bertz CT molecular complexity index is 1230. The number of fused-ring (bicyclic) bond motifs is 1. The fraction of sp³-hybridized carbons (Fsp3) is 0.333. The van der Waals surface area contributed by atoms with Crippen LogP contribution in [0.15, 0.2) is 47.2 Å². The van der Waals surface area contributed by atoms with Crippen molar-refractivity contribution in [2.75, 3.05) is 4.90 Å². The van der Waals surface area contributed by atoms with Gasteiger partial charge in [-0.1, -0.05) is 6.07 Å². The van der Waals surface area contributed by atoms with Crippen LogP contribution >= 0.6 is 11.3 Å². The van der Waals surface area contributed by atoms with E-state index in [-0.39, 0.29) is 5.78 Å². The van der Waals surface area contributed by atoms with Gasteiger partial charge in [-0.05, 0) is 55.7 Å². The first-order valence-corrected chi connectivity index (χ1v) is 11.4. The minimum absolute atomic E-state index is 0.0418. The first-order chi connectivity index (χ1) is 15.2. The lowest BCUT2D eigenvalue weighted by molar-refractivity contribution is -0.116. The molecule has 154 valence electrons. The highest BCUT2D eigenvalue weighted by Gasteiger charge is 2.42. The van der Waals surface area contributed by atoms with Gasteiger partial charge in [0.05, 0.1) is 23.1 Å². The second-order valence-corrected chi connectivity index (χ2v) is 9.19. The summed E-state index contributed by atoms with van der Waals surface area (Å²) in [6, 6.07) is 8.36. The number of nitrogens with two attached hydrogens (primary N) is 1. The summed E-state index contributed by atoms with van der Waals surface area (Å²) < 4.78 is 0. The van der Waals surface area contributed by atoms with Crippen LogP contribution in [0.5, 0.6) is 0 Å². The van der Waals surface area contributed by atoms with E-state index in [4.69, 9.17) is 5.73 Å². The molecular weight excluding hydrogens is 406 g/mol. The molecule has 7 heteroatoms. The van der Waals surface area contributed by atoms with Crippen molar-refractivity contribution in [3.05, 3.63) is 68.8 Å². The smallest absolute Gasteiger partial charge is 0.161 e. The third-order valence-electron chi connectivity index (χ3n) is 6.40. The fourth-order valence-corrected chi connectivity index (χ4v) is 6.40. The second-order valence-electron chi connectivity index (χ2n) is 8.11. The van der Waals surface area contributed by atoms with E-state index in [1.807, 2.05) is 17.0 Å². The SMILES string of the molecule is N#CC1=C(N)N(c2sc3c(c2C#N)CCCC3)C2=C(C(=O)CCC2)[C@H]1c1cccnc1. The Hall–Kier alpha value is -3.42. The van der Waals surface area contributed by atoms with Gasteiger partial charge in [-0.2, -0.15) is 10.5 Å². The number of hydrogen-bond donors (Lipinski definition) is 1. The number of ketones is 1. The van der Waals surface area contributed by atoms with Crippen molar-refractivity contribution in [3.63, 3.8) is 0 Å². The average molecular weight is 428 g/mol. The molecule has 0 radical (unpaired) electrons. The molecule has 0 unspecified atom stereocenters. The Kier molecular flexibility index (Phi) is 4.84. The average Bonchev–Trinajstić information content (AvgIpc) is 3.17. The van der Waals surface area contributed by atoms with Crippen molar-refractivity contribution in [2.24, 2.45) is 5.73 Å². The molecular formula is C24H21N5OS. The second kappa shape index (κ2) is 7.68. The summed E-state index contributed by atoms with van der Waals surface area (Å²) in [6.07, 6.45) is 9.27. The highest BCUT2D eigenvalue weighted by Crippen LogP contribution is 2.49. The van der Waals surface area contributed by atoms with Gasteiger partial charge >= 0.3 is 0 Å². The van der Waals surface area contributed by atoms with Crippen LogP contribution in [-0.2, 0) is 17.6 Å². The molecule has 0 spiro atoms. The maximum atomic E-state index is 13.2. The number of hydrogen-bond acceptors (Lipinski definition) is 7. The van der Waals surface area contributed by atoms with Gasteiger partial charge in [-0.3, -0.25) is 14.7 Å². The summed E-state index contributed by atoms with van der Waals surface area (Å²) in [6.45, 7) is 0. The van der Waals surface area contributed by atoms with Crippen LogP contribution in [0.3, 0.4) is 0 Å². The first kappa shape index (κ1) is 19.5. The van der Waals surface area contributed by atoms with Crippen LogP contribution in [0.2, 0.25) is 0 Å². The molecule has 2 aliphatic carbocycles. The van der Waals surface area contributed by atoms with Gasteiger partial charge in [0, 0.05) is 35.0 Å². The number of carbonyl (C=O) groups is 1. The zero-order valence-corrected chi connectivity index (χ0v) is 17.8. The van der Waals surface area contributed by atoms with E-state index in [1.165, 1.54) is 4.88 Å². The molecule has 6 nitrogen and oxygen atoms in total. The molecule has 0 bridgehead atoms. The maximum absolute atomic E-state index is 13.2. The summed E-state index contributed by atoms with van der Waals surface area (Å²) in [4.78, 5) is 20.4. The van der Waals surface area contributed by atoms with Crippen LogP contribution in [0.4, 0.5) is 5.00 Å². The highest BCUT2D eigenvalue weighted by atomic mass is 32.1. The predicted molar refractivity (Wildman–Crippen MR) is 118 cm³/mol. The maximum Gasteiger partial charge on any atom is 0.161 e. The van der Waals surface area contributed by atoms with Crippen LogP contribution < -0.4 is 10.6 Å². The summed E-state index contributed by atoms with van der Waals surface area (Å²) in [5.41, 5.74) is 11.0. The molecule has 1 aliphatic heterocycles. The van der Waals surface area contributed by atoms with E-state index in [1.54, 1.807) is 23.7 Å². The number of rotatable bonds is 2. The molecule has 1 atom stereocenters. The van der Waals surface area contributed by atoms with Crippen LogP contribution in [0.1, 0.15) is 59.6 Å². The Balaban J connectivity index is 1.77. The van der Waals surface area contributed by atoms with E-state index in [2.05, 4.69) is 17.1 Å². The lowest BCUT2D eigenvalue weighted by atomic mass is 9.76. The number of nitrogens with zero attached hydrogens (tertiary/aromatic N) is 4. The van der Waals surface area contributed by atoms with Crippen molar-refractivity contribution in [3.8, 4) is 12.1 Å². The number of carbonyl (C=O) groups excluding carboxylic acids is 1. The summed E-state index contributed by atoms with van der Waals surface area (Å²) >= 11 is 1.59. The molecule has 31 heavy (non-hydrogen) atoms. The van der Waals surface area contributed by atoms with Crippen LogP contribution in [-0.4, -0.2) is 10.8 Å². The molecule has 2 aromatic rings. The van der Waals surface area contributed by atoms with Crippen molar-refractivity contribution >= 4 is 22.1 Å². The number of Topliss-reactive ketones (excluding diaryl/α,β-unsaturated/α-hetero) is 1. The molecule has 3 heterocycles. The molecule has 0 aromatic carbocycles. The molecule has 2 aromatic heterocycles. The van der Waals surface area contributed by atoms with Gasteiger partial charge in [0.25, 0.3) is 0 Å². The zero-order valence-electron chi connectivity index (χ0n) is 17.0. The molecule has 0 saturated heterocycles. The van der Waals surface area contributed by atoms with Crippen molar-refractivity contribution in [1.82, 2.24) is 4.98 Å². The van der Waals surface area contributed by atoms with Gasteiger partial charge in [-0.25, -0.2) is 0 Å². The molecule has 2 N–H and O–H groups in total. The quantitative estimate of drug-likeness (QED) is 0.770. The lowest BCUT2D eigenvalue weighted by Gasteiger charge is -2.39. The third-order valence-corrected chi connectivity index (χ3v) is 7.68. The van der Waals surface area contributed by atoms with Crippen molar-refractivity contribution < 1.29 is 4.79 Å². The van der Waals surface area contributed by atoms with E-state index in [0.29, 0.717) is 35.4 Å². The molecule has 0 saturated carbocycles. The number of allylic oxidation sites excluding steroid dienone is 3. The largest absolute Gasteiger partial charge is 0.384 e. The standard InChI is InChI=1S/C24H21N5OS/c25-11-16-15-6-1-2-9-20(15)31-24(16)29-18-7-3-8-19(30)22(18)21(17(12-26)23(29)27)14-5-4-10-28-13-14/h4-5,10,13,21H,1-3,6-9,27H2/t21-/m0/s1. The fourth-order valence-electron chi connectivity index (χ4n) is 5.02. The minimum Gasteiger partial charge on any atom is -0.384 e. The third kappa shape index (κ3) is 2.97. The van der Waals surface area contributed by atoms with Crippen LogP contribution in [0, 0.1) is 22.7 Å². The molecule has 5 rings (SSSR count). The Morgan fingerprint density at radius 2 is 1.97 bits per heavy atom. The normalized spacial score (nSPS) is 20.8. The van der Waals surface area contributed by atoms with E-state index < -0.39 is 5.92 Å². The Labute approximate surface area is 184 Å². The molecule has 3 aliphatic rings. The molecule has 0 fully saturated rings. The predicted octanol–water partition coefficient (Wildman–Crippen LogP) is 4.20. The van der Waals surface area contributed by atoms with Crippen molar-refractivity contribution in [1.29, 1.82) is 10.5 Å². The van der Waals surface area contributed by atoms with E-state index in [0.717, 1.165) is 53.9 Å². The van der Waals surface area contributed by atoms with Gasteiger partial charge in [0.2, 0.25) is 0 Å². The lowest BCUT2D eigenvalue weighted by Crippen LogP contribution is -2.38. The Morgan fingerprint density at radius 3 is 2.71 bits per heavy atom. The minimum atomic E-state index is -0.516. The first-order valence-electron chi connectivity index (χ1n) is 10.6. The van der Waals surface area contributed by atoms with Gasteiger partial charge in [0.15, 0.2) is 5.78 Å². The van der Waals surface area contributed by atoms with E-state index >= 15 is 0 Å². The van der Waals surface area contributed by atoms with E-state index in [9.17, 15) is 15.3 Å². The number of thiophene rings is 1. The number of pyridine rings is 1. The number of anilines is 1. The zero-order chi connectivity index (χ0) is 21.5. The van der Waals surface area contributed by atoms with Crippen LogP contribution in [0.25, 0.3) is 0 Å². The van der Waals surface area contributed by atoms with Gasteiger partial charge in [0.1, 0.15) is 16.9 Å². The molecule has 0 amide bonds. The number of aryl methyl sites for hydroxylation is 1. The highest BCUT2D eigenvalue weighted by molar-refractivity contribution is 7.16. The van der Waals surface area contributed by atoms with Gasteiger partial charge in [-0.15, -0.1) is 11.3 Å². The number of aromatic nitrogens is 1. The van der Waals surface area contributed by atoms with Crippen molar-refractivity contribution in [2.45, 2.75) is 50.9 Å². The Morgan fingerprint density at radius 1 is 1.13 bits per heavy atom. The monoisotopic (exact) mass is 427 g/mol. The topological polar surface area (TPSA) is 107 Å². The number of nitriles is 2. The van der Waals surface area contributed by atoms with Gasteiger partial charge < -0.3 is 5.73 Å². The summed E-state index contributed by atoms with van der Waals surface area (Å²) in [5.74, 6) is -0.155. The summed E-state index contributed by atoms with van der Waals surface area (Å²) in [5, 5.41) is 20.8. The summed E-state index contributed by atoms with van der Waals surface area (Å²) in [7, 11) is 0.